The van der Waals surface area contributed by atoms with E-state index in [1.165, 1.54) is 10.8 Å². The lowest BCUT2D eigenvalue weighted by Crippen LogP contribution is -2.50. The minimum Gasteiger partial charge on any atom is -0.352 e. The molecule has 1 N–H and O–H groups in total. The third-order valence-corrected chi connectivity index (χ3v) is 6.48. The Hall–Kier alpha value is -3.14. The molecule has 3 aromatic carbocycles. The fraction of sp³-hybridized carbons (Fsp3) is 0.379. The van der Waals surface area contributed by atoms with Gasteiger partial charge in [-0.25, -0.2) is 0 Å². The van der Waals surface area contributed by atoms with Crippen LogP contribution < -0.4 is 5.32 Å². The zero-order valence-corrected chi connectivity index (χ0v) is 20.3. The molecular formula is C29H36N2O2. The summed E-state index contributed by atoms with van der Waals surface area (Å²) in [5.74, 6) is -0.0590. The van der Waals surface area contributed by atoms with Crippen LogP contribution in [0.1, 0.15) is 56.7 Å². The molecular weight excluding hydrogens is 408 g/mol. The van der Waals surface area contributed by atoms with E-state index < -0.39 is 6.04 Å². The monoisotopic (exact) mass is 444 g/mol. The second kappa shape index (κ2) is 11.6. The van der Waals surface area contributed by atoms with Crippen LogP contribution in [-0.2, 0) is 22.6 Å². The predicted molar refractivity (Wildman–Crippen MR) is 136 cm³/mol. The third kappa shape index (κ3) is 6.22. The SMILES string of the molecule is CC[C@@H](C)NC(=O)[C@@H](CC)N(Cc1ccccc1C)C(=O)CCc1cccc2ccccc12. The molecule has 0 fully saturated rings. The summed E-state index contributed by atoms with van der Waals surface area (Å²) in [7, 11) is 0. The molecule has 33 heavy (non-hydrogen) atoms. The van der Waals surface area contributed by atoms with Crippen LogP contribution in [-0.4, -0.2) is 28.8 Å². The average molecular weight is 445 g/mol. The molecule has 0 unspecified atom stereocenters. The molecule has 0 aliphatic heterocycles. The molecule has 0 radical (unpaired) electrons. The minimum atomic E-state index is -0.487. The van der Waals surface area contributed by atoms with Gasteiger partial charge in [-0.1, -0.05) is 80.6 Å². The van der Waals surface area contributed by atoms with E-state index in [-0.39, 0.29) is 17.9 Å². The Labute approximate surface area is 198 Å². The van der Waals surface area contributed by atoms with E-state index in [1.54, 1.807) is 4.90 Å². The molecule has 2 amide bonds. The lowest BCUT2D eigenvalue weighted by molar-refractivity contribution is -0.141. The number of amides is 2. The summed E-state index contributed by atoms with van der Waals surface area (Å²) in [6.07, 6.45) is 2.45. The van der Waals surface area contributed by atoms with Crippen molar-refractivity contribution in [1.29, 1.82) is 0 Å². The molecule has 0 aliphatic rings. The number of hydrogen-bond donors (Lipinski definition) is 1. The van der Waals surface area contributed by atoms with Gasteiger partial charge in [-0.3, -0.25) is 9.59 Å². The Morgan fingerprint density at radius 1 is 0.879 bits per heavy atom. The van der Waals surface area contributed by atoms with E-state index in [2.05, 4.69) is 29.6 Å². The highest BCUT2D eigenvalue weighted by molar-refractivity contribution is 5.89. The molecule has 0 saturated heterocycles. The summed E-state index contributed by atoms with van der Waals surface area (Å²) in [5, 5.41) is 5.44. The fourth-order valence-electron chi connectivity index (χ4n) is 4.23. The number of carbonyl (C=O) groups is 2. The lowest BCUT2D eigenvalue weighted by atomic mass is 10.00. The van der Waals surface area contributed by atoms with Crippen LogP contribution in [0.5, 0.6) is 0 Å². The van der Waals surface area contributed by atoms with E-state index >= 15 is 0 Å². The zero-order valence-electron chi connectivity index (χ0n) is 20.3. The predicted octanol–water partition coefficient (Wildman–Crippen LogP) is 5.80. The van der Waals surface area contributed by atoms with Crippen molar-refractivity contribution in [3.63, 3.8) is 0 Å². The highest BCUT2D eigenvalue weighted by Gasteiger charge is 2.29. The van der Waals surface area contributed by atoms with Gasteiger partial charge in [0, 0.05) is 19.0 Å². The van der Waals surface area contributed by atoms with E-state index in [4.69, 9.17) is 0 Å². The number of rotatable bonds is 10. The van der Waals surface area contributed by atoms with E-state index in [9.17, 15) is 9.59 Å². The second-order valence-corrected chi connectivity index (χ2v) is 8.83. The highest BCUT2D eigenvalue weighted by atomic mass is 16.2. The number of nitrogens with zero attached hydrogens (tertiary/aromatic N) is 1. The van der Waals surface area contributed by atoms with Crippen LogP contribution in [0.15, 0.2) is 66.7 Å². The summed E-state index contributed by atoms with van der Waals surface area (Å²) in [6.45, 7) is 8.51. The van der Waals surface area contributed by atoms with Crippen molar-refractivity contribution in [2.24, 2.45) is 0 Å². The van der Waals surface area contributed by atoms with Crippen LogP contribution in [0.2, 0.25) is 0 Å². The van der Waals surface area contributed by atoms with Crippen molar-refractivity contribution in [2.45, 2.75) is 72.0 Å². The van der Waals surface area contributed by atoms with Gasteiger partial charge in [0.15, 0.2) is 0 Å². The number of aryl methyl sites for hydroxylation is 2. The summed E-state index contributed by atoms with van der Waals surface area (Å²) >= 11 is 0. The summed E-state index contributed by atoms with van der Waals surface area (Å²) < 4.78 is 0. The molecule has 4 nitrogen and oxygen atoms in total. The first-order valence-electron chi connectivity index (χ1n) is 12.1. The van der Waals surface area contributed by atoms with Crippen molar-refractivity contribution in [1.82, 2.24) is 10.2 Å². The van der Waals surface area contributed by atoms with Crippen molar-refractivity contribution in [3.8, 4) is 0 Å². The summed E-state index contributed by atoms with van der Waals surface area (Å²) in [4.78, 5) is 28.5. The first-order valence-corrected chi connectivity index (χ1v) is 12.1. The largest absolute Gasteiger partial charge is 0.352 e. The number of hydrogen-bond acceptors (Lipinski definition) is 2. The van der Waals surface area contributed by atoms with Crippen molar-refractivity contribution in [3.05, 3.63) is 83.4 Å². The third-order valence-electron chi connectivity index (χ3n) is 6.48. The molecule has 0 saturated carbocycles. The number of carbonyl (C=O) groups excluding carboxylic acids is 2. The molecule has 3 rings (SSSR count). The first-order chi connectivity index (χ1) is 15.9. The topological polar surface area (TPSA) is 49.4 Å². The van der Waals surface area contributed by atoms with Gasteiger partial charge in [0.1, 0.15) is 6.04 Å². The maximum Gasteiger partial charge on any atom is 0.243 e. The average Bonchev–Trinajstić information content (AvgIpc) is 2.83. The van der Waals surface area contributed by atoms with Crippen molar-refractivity contribution in [2.75, 3.05) is 0 Å². The van der Waals surface area contributed by atoms with Gasteiger partial charge in [0.25, 0.3) is 0 Å². The minimum absolute atomic E-state index is 0.0114. The molecule has 0 spiro atoms. The van der Waals surface area contributed by atoms with Crippen LogP contribution >= 0.6 is 0 Å². The number of nitrogens with one attached hydrogen (secondary N) is 1. The molecule has 2 atom stereocenters. The van der Waals surface area contributed by atoms with Crippen LogP contribution in [0, 0.1) is 6.92 Å². The molecule has 4 heteroatoms. The van der Waals surface area contributed by atoms with Crippen molar-refractivity contribution >= 4 is 22.6 Å². The molecule has 0 heterocycles. The van der Waals surface area contributed by atoms with Crippen molar-refractivity contribution < 1.29 is 9.59 Å². The van der Waals surface area contributed by atoms with E-state index in [0.717, 1.165) is 23.1 Å². The van der Waals surface area contributed by atoms with Crippen LogP contribution in [0.4, 0.5) is 0 Å². The Bertz CT molecular complexity index is 1090. The Morgan fingerprint density at radius 3 is 2.27 bits per heavy atom. The first kappa shape index (κ1) is 24.5. The fourth-order valence-corrected chi connectivity index (χ4v) is 4.23. The summed E-state index contributed by atoms with van der Waals surface area (Å²) in [5.41, 5.74) is 3.36. The molecule has 3 aromatic rings. The maximum absolute atomic E-state index is 13.6. The highest BCUT2D eigenvalue weighted by Crippen LogP contribution is 2.22. The van der Waals surface area contributed by atoms with E-state index in [0.29, 0.717) is 25.8 Å². The Morgan fingerprint density at radius 2 is 1.55 bits per heavy atom. The van der Waals surface area contributed by atoms with Crippen LogP contribution in [0.3, 0.4) is 0 Å². The maximum atomic E-state index is 13.6. The Kier molecular flexibility index (Phi) is 8.65. The molecule has 0 aliphatic carbocycles. The van der Waals surface area contributed by atoms with E-state index in [1.807, 2.05) is 70.2 Å². The molecule has 0 aromatic heterocycles. The second-order valence-electron chi connectivity index (χ2n) is 8.83. The van der Waals surface area contributed by atoms with Gasteiger partial charge in [0.2, 0.25) is 11.8 Å². The smallest absolute Gasteiger partial charge is 0.243 e. The molecule has 0 bridgehead atoms. The van der Waals surface area contributed by atoms with Gasteiger partial charge in [-0.15, -0.1) is 0 Å². The quantitative estimate of drug-likeness (QED) is 0.429. The van der Waals surface area contributed by atoms with Gasteiger partial charge >= 0.3 is 0 Å². The van der Waals surface area contributed by atoms with Gasteiger partial charge < -0.3 is 10.2 Å². The Balaban J connectivity index is 1.84. The summed E-state index contributed by atoms with van der Waals surface area (Å²) in [6, 6.07) is 22.2. The van der Waals surface area contributed by atoms with Gasteiger partial charge in [-0.2, -0.15) is 0 Å². The normalized spacial score (nSPS) is 12.8. The molecule has 174 valence electrons. The van der Waals surface area contributed by atoms with Gasteiger partial charge in [-0.05, 0) is 60.6 Å². The standard InChI is InChI=1S/C29H36N2O2/c1-5-22(4)30-29(33)27(6-2)31(20-25-14-8-7-12-21(25)3)28(32)19-18-24-16-11-15-23-13-9-10-17-26(23)24/h7-17,22,27H,5-6,18-20H2,1-4H3,(H,30,33)/t22-,27-/m1/s1. The van der Waals surface area contributed by atoms with Crippen LogP contribution in [0.25, 0.3) is 10.8 Å². The zero-order chi connectivity index (χ0) is 23.8. The lowest BCUT2D eigenvalue weighted by Gasteiger charge is -2.32. The number of benzene rings is 3. The number of fused-ring (bicyclic) bond motifs is 1. The van der Waals surface area contributed by atoms with Gasteiger partial charge in [0.05, 0.1) is 0 Å².